The van der Waals surface area contributed by atoms with Gasteiger partial charge < -0.3 is 4.74 Å². The Morgan fingerprint density at radius 3 is 2.42 bits per heavy atom. The van der Waals surface area contributed by atoms with Crippen LogP contribution < -0.4 is 4.74 Å². The van der Waals surface area contributed by atoms with Crippen molar-refractivity contribution in [2.24, 2.45) is 4.99 Å². The van der Waals surface area contributed by atoms with Gasteiger partial charge in [0.05, 0.1) is 7.11 Å². The zero-order chi connectivity index (χ0) is 14.0. The topological polar surface area (TPSA) is 38.7 Å². The molecular formula is C13H12F3NO2. The highest BCUT2D eigenvalue weighted by atomic mass is 19.2. The molecule has 0 bridgehead atoms. The molecule has 0 heterocycles. The number of rotatable bonds is 3. The summed E-state index contributed by atoms with van der Waals surface area (Å²) in [6.45, 7) is 0. The zero-order valence-corrected chi connectivity index (χ0v) is 10.3. The van der Waals surface area contributed by atoms with Gasteiger partial charge in [0.1, 0.15) is 5.54 Å². The molecule has 0 spiro atoms. The Labute approximate surface area is 108 Å². The van der Waals surface area contributed by atoms with Crippen LogP contribution in [-0.2, 0) is 10.3 Å². The lowest BCUT2D eigenvalue weighted by Crippen LogP contribution is -2.21. The second kappa shape index (κ2) is 5.05. The van der Waals surface area contributed by atoms with E-state index in [-0.39, 0.29) is 5.56 Å². The first-order chi connectivity index (χ1) is 9.05. The zero-order valence-electron chi connectivity index (χ0n) is 10.3. The number of hydrogen-bond acceptors (Lipinski definition) is 3. The first-order valence-corrected chi connectivity index (χ1v) is 5.87. The summed E-state index contributed by atoms with van der Waals surface area (Å²) in [4.78, 5) is 14.3. The van der Waals surface area contributed by atoms with Gasteiger partial charge in [0.25, 0.3) is 0 Å². The largest absolute Gasteiger partial charge is 0.493 e. The second-order valence-electron chi connectivity index (χ2n) is 4.51. The molecule has 1 aromatic rings. The fourth-order valence-electron chi connectivity index (χ4n) is 2.61. The molecule has 1 fully saturated rings. The predicted molar refractivity (Wildman–Crippen MR) is 61.1 cm³/mol. The third-order valence-electron chi connectivity index (χ3n) is 3.51. The Balaban J connectivity index is 2.70. The highest BCUT2D eigenvalue weighted by Gasteiger charge is 2.40. The smallest absolute Gasteiger partial charge is 0.235 e. The van der Waals surface area contributed by atoms with E-state index in [1.165, 1.54) is 6.08 Å². The minimum Gasteiger partial charge on any atom is -0.493 e. The van der Waals surface area contributed by atoms with Crippen molar-refractivity contribution < 1.29 is 22.7 Å². The van der Waals surface area contributed by atoms with Crippen LogP contribution >= 0.6 is 0 Å². The van der Waals surface area contributed by atoms with E-state index < -0.39 is 28.7 Å². The van der Waals surface area contributed by atoms with E-state index in [1.807, 2.05) is 0 Å². The number of hydrogen-bond donors (Lipinski definition) is 0. The fourth-order valence-corrected chi connectivity index (χ4v) is 2.61. The molecule has 3 nitrogen and oxygen atoms in total. The molecule has 1 aliphatic rings. The van der Waals surface area contributed by atoms with Crippen molar-refractivity contribution in [2.75, 3.05) is 7.11 Å². The number of isocyanates is 1. The SMILES string of the molecule is COc1c(C2(N=C=O)CCCC2)cc(F)c(F)c1F. The van der Waals surface area contributed by atoms with E-state index in [1.54, 1.807) is 0 Å². The normalized spacial score (nSPS) is 17.1. The quantitative estimate of drug-likeness (QED) is 0.481. The van der Waals surface area contributed by atoms with Crippen molar-refractivity contribution in [1.82, 2.24) is 0 Å². The van der Waals surface area contributed by atoms with Crippen LogP contribution in [0.25, 0.3) is 0 Å². The van der Waals surface area contributed by atoms with Crippen LogP contribution in [0.2, 0.25) is 0 Å². The van der Waals surface area contributed by atoms with Crippen LogP contribution in [-0.4, -0.2) is 13.2 Å². The molecule has 0 N–H and O–H groups in total. The van der Waals surface area contributed by atoms with E-state index in [4.69, 9.17) is 4.74 Å². The van der Waals surface area contributed by atoms with Crippen LogP contribution in [0.1, 0.15) is 31.2 Å². The summed E-state index contributed by atoms with van der Waals surface area (Å²) in [5.41, 5.74) is -1.00. The van der Waals surface area contributed by atoms with Crippen LogP contribution in [0.5, 0.6) is 5.75 Å². The van der Waals surface area contributed by atoms with Gasteiger partial charge >= 0.3 is 0 Å². The Kier molecular flexibility index (Phi) is 3.62. The first-order valence-electron chi connectivity index (χ1n) is 5.87. The first kappa shape index (κ1) is 13.6. The molecule has 2 rings (SSSR count). The molecule has 0 radical (unpaired) electrons. The maximum atomic E-state index is 13.7. The van der Waals surface area contributed by atoms with Gasteiger partial charge in [-0.2, -0.15) is 9.38 Å². The Morgan fingerprint density at radius 1 is 1.26 bits per heavy atom. The van der Waals surface area contributed by atoms with Crippen LogP contribution in [0.15, 0.2) is 11.1 Å². The third kappa shape index (κ3) is 2.12. The van der Waals surface area contributed by atoms with Crippen molar-refractivity contribution >= 4 is 6.08 Å². The van der Waals surface area contributed by atoms with E-state index in [2.05, 4.69) is 4.99 Å². The Bertz CT molecular complexity index is 547. The standard InChI is InChI=1S/C13H12F3NO2/c1-19-12-8(6-9(14)10(15)11(12)16)13(17-7-18)4-2-3-5-13/h6H,2-5H2,1H3. The molecule has 1 saturated carbocycles. The number of methoxy groups -OCH3 is 1. The monoisotopic (exact) mass is 271 g/mol. The lowest BCUT2D eigenvalue weighted by molar-refractivity contribution is 0.335. The van der Waals surface area contributed by atoms with Crippen molar-refractivity contribution in [3.05, 3.63) is 29.1 Å². The molecule has 0 aromatic heterocycles. The number of benzene rings is 1. The van der Waals surface area contributed by atoms with Gasteiger partial charge in [0.2, 0.25) is 11.9 Å². The van der Waals surface area contributed by atoms with Gasteiger partial charge in [-0.25, -0.2) is 13.6 Å². The van der Waals surface area contributed by atoms with E-state index >= 15 is 0 Å². The number of halogens is 3. The summed E-state index contributed by atoms with van der Waals surface area (Å²) >= 11 is 0. The van der Waals surface area contributed by atoms with Crippen molar-refractivity contribution in [3.63, 3.8) is 0 Å². The van der Waals surface area contributed by atoms with Crippen LogP contribution in [0.4, 0.5) is 13.2 Å². The van der Waals surface area contributed by atoms with Crippen LogP contribution in [0, 0.1) is 17.5 Å². The summed E-state index contributed by atoms with van der Waals surface area (Å²) in [6.07, 6.45) is 3.85. The number of aliphatic imine (C=N–C) groups is 1. The Hall–Kier alpha value is -1.81. The van der Waals surface area contributed by atoms with E-state index in [0.717, 1.165) is 26.0 Å². The molecule has 19 heavy (non-hydrogen) atoms. The molecule has 6 heteroatoms. The molecule has 0 atom stereocenters. The summed E-state index contributed by atoms with van der Waals surface area (Å²) in [6, 6.07) is 0.851. The van der Waals surface area contributed by atoms with E-state index in [9.17, 15) is 18.0 Å². The molecule has 0 aliphatic heterocycles. The molecular weight excluding hydrogens is 259 g/mol. The van der Waals surface area contributed by atoms with Gasteiger partial charge in [0.15, 0.2) is 17.4 Å². The van der Waals surface area contributed by atoms with Crippen LogP contribution in [0.3, 0.4) is 0 Å². The molecule has 102 valence electrons. The third-order valence-corrected chi connectivity index (χ3v) is 3.51. The lowest BCUT2D eigenvalue weighted by Gasteiger charge is -2.25. The van der Waals surface area contributed by atoms with Gasteiger partial charge in [-0.1, -0.05) is 12.8 Å². The van der Waals surface area contributed by atoms with Crippen molar-refractivity contribution in [2.45, 2.75) is 31.2 Å². The van der Waals surface area contributed by atoms with Crippen molar-refractivity contribution in [3.8, 4) is 5.75 Å². The fraction of sp³-hybridized carbons (Fsp3) is 0.462. The van der Waals surface area contributed by atoms with Gasteiger partial charge in [0, 0.05) is 5.56 Å². The molecule has 0 amide bonds. The number of carbonyl (C=O) groups excluding carboxylic acids is 1. The van der Waals surface area contributed by atoms with Crippen molar-refractivity contribution in [1.29, 1.82) is 0 Å². The molecule has 1 aromatic carbocycles. The summed E-state index contributed by atoms with van der Waals surface area (Å²) in [5, 5.41) is 0. The lowest BCUT2D eigenvalue weighted by atomic mass is 9.88. The highest BCUT2D eigenvalue weighted by molar-refractivity contribution is 5.46. The van der Waals surface area contributed by atoms with Gasteiger partial charge in [-0.3, -0.25) is 0 Å². The Morgan fingerprint density at radius 2 is 1.89 bits per heavy atom. The molecule has 1 aliphatic carbocycles. The molecule has 0 saturated heterocycles. The number of nitrogens with zero attached hydrogens (tertiary/aromatic N) is 1. The summed E-state index contributed by atoms with van der Waals surface area (Å²) in [5.74, 6) is -4.71. The molecule has 0 unspecified atom stereocenters. The minimum atomic E-state index is -1.59. The predicted octanol–water partition coefficient (Wildman–Crippen LogP) is 3.22. The minimum absolute atomic E-state index is 0.0623. The maximum absolute atomic E-state index is 13.7. The second-order valence-corrected chi connectivity index (χ2v) is 4.51. The highest BCUT2D eigenvalue weighted by Crippen LogP contribution is 2.47. The van der Waals surface area contributed by atoms with E-state index in [0.29, 0.717) is 12.8 Å². The van der Waals surface area contributed by atoms with Gasteiger partial charge in [-0.05, 0) is 18.9 Å². The number of ether oxygens (including phenoxy) is 1. The summed E-state index contributed by atoms with van der Waals surface area (Å²) < 4.78 is 45.2. The van der Waals surface area contributed by atoms with Gasteiger partial charge in [-0.15, -0.1) is 0 Å². The average molecular weight is 271 g/mol. The average Bonchev–Trinajstić information content (AvgIpc) is 2.86. The summed E-state index contributed by atoms with van der Waals surface area (Å²) in [7, 11) is 1.16. The maximum Gasteiger partial charge on any atom is 0.235 e.